The van der Waals surface area contributed by atoms with E-state index in [1.165, 1.54) is 0 Å². The minimum absolute atomic E-state index is 0.434. The molecular formula is C25H32N4O3. The van der Waals surface area contributed by atoms with Crippen LogP contribution in [0.3, 0.4) is 0 Å². The Balaban J connectivity index is 1.87. The summed E-state index contributed by atoms with van der Waals surface area (Å²) in [5.74, 6) is 1.23. The quantitative estimate of drug-likeness (QED) is 0.567. The molecule has 1 saturated heterocycles. The highest BCUT2D eigenvalue weighted by atomic mass is 16.5. The van der Waals surface area contributed by atoms with Gasteiger partial charge in [0, 0.05) is 38.5 Å². The van der Waals surface area contributed by atoms with Gasteiger partial charge in [-0.3, -0.25) is 0 Å². The largest absolute Gasteiger partial charge is 0.490 e. The predicted octanol–water partition coefficient (Wildman–Crippen LogP) is 3.66. The van der Waals surface area contributed by atoms with Crippen LogP contribution in [0.5, 0.6) is 11.6 Å². The van der Waals surface area contributed by atoms with Crippen LogP contribution in [0.1, 0.15) is 6.42 Å². The molecule has 1 aliphatic heterocycles. The van der Waals surface area contributed by atoms with Gasteiger partial charge in [-0.1, -0.05) is 30.3 Å². The first-order valence-corrected chi connectivity index (χ1v) is 11.0. The van der Waals surface area contributed by atoms with Gasteiger partial charge < -0.3 is 29.7 Å². The summed E-state index contributed by atoms with van der Waals surface area (Å²) in [6, 6.07) is 14.1. The number of rotatable bonds is 7. The molecule has 1 aliphatic rings. The van der Waals surface area contributed by atoms with E-state index in [1.807, 2.05) is 30.3 Å². The van der Waals surface area contributed by atoms with Crippen LogP contribution >= 0.6 is 0 Å². The van der Waals surface area contributed by atoms with Gasteiger partial charge in [-0.25, -0.2) is 4.98 Å². The summed E-state index contributed by atoms with van der Waals surface area (Å²) < 4.78 is 17.0. The van der Waals surface area contributed by atoms with Crippen LogP contribution in [0.2, 0.25) is 0 Å². The standard InChI is InChI=1S/C25H32N4O3/c1-28-10-7-11-29(13-12-28)19-16-20-23(21(17-19)32-15-14-30-2)24(26)22(25(27-20)31-3)18-8-5-4-6-9-18/h4-6,8-9,16-17H,7,10-15H2,1-3H3,(H2,26,27). The van der Waals surface area contributed by atoms with Crippen molar-refractivity contribution < 1.29 is 14.2 Å². The Labute approximate surface area is 189 Å². The van der Waals surface area contributed by atoms with E-state index in [9.17, 15) is 0 Å². The number of nitrogens with two attached hydrogens (primary N) is 1. The minimum atomic E-state index is 0.434. The molecule has 32 heavy (non-hydrogen) atoms. The molecule has 0 unspecified atom stereocenters. The molecule has 2 N–H and O–H groups in total. The van der Waals surface area contributed by atoms with E-state index in [2.05, 4.69) is 29.0 Å². The van der Waals surface area contributed by atoms with Gasteiger partial charge in [0.2, 0.25) is 5.88 Å². The summed E-state index contributed by atoms with van der Waals surface area (Å²) in [6.07, 6.45) is 1.11. The molecule has 2 heterocycles. The topological polar surface area (TPSA) is 73.1 Å². The van der Waals surface area contributed by atoms with Gasteiger partial charge in [0.1, 0.15) is 12.4 Å². The van der Waals surface area contributed by atoms with Crippen LogP contribution in [-0.4, -0.2) is 70.5 Å². The molecule has 0 radical (unpaired) electrons. The maximum atomic E-state index is 6.75. The number of nitrogen functional groups attached to an aromatic ring is 1. The van der Waals surface area contributed by atoms with Gasteiger partial charge in [-0.05, 0) is 31.6 Å². The lowest BCUT2D eigenvalue weighted by Gasteiger charge is -2.25. The smallest absolute Gasteiger partial charge is 0.223 e. The SMILES string of the molecule is COCCOc1cc(N2CCCN(C)CC2)cc2nc(OC)c(-c3ccccc3)c(N)c12. The van der Waals surface area contributed by atoms with E-state index in [0.717, 1.165) is 66.1 Å². The van der Waals surface area contributed by atoms with Gasteiger partial charge in [-0.15, -0.1) is 0 Å². The Bertz CT molecular complexity index is 1060. The van der Waals surface area contributed by atoms with E-state index in [-0.39, 0.29) is 0 Å². The number of methoxy groups -OCH3 is 2. The van der Waals surface area contributed by atoms with E-state index in [4.69, 9.17) is 24.9 Å². The molecule has 0 aliphatic carbocycles. The van der Waals surface area contributed by atoms with Gasteiger partial charge >= 0.3 is 0 Å². The first-order chi connectivity index (χ1) is 15.6. The highest BCUT2D eigenvalue weighted by Crippen LogP contribution is 2.43. The number of anilines is 2. The molecule has 7 nitrogen and oxygen atoms in total. The van der Waals surface area contributed by atoms with Gasteiger partial charge in [-0.2, -0.15) is 0 Å². The maximum Gasteiger partial charge on any atom is 0.223 e. The van der Waals surface area contributed by atoms with Gasteiger partial charge in [0.25, 0.3) is 0 Å². The number of ether oxygens (including phenoxy) is 3. The summed E-state index contributed by atoms with van der Waals surface area (Å²) in [5.41, 5.74) is 10.9. The first kappa shape index (κ1) is 22.2. The molecule has 2 aromatic carbocycles. The normalized spacial score (nSPS) is 15.0. The monoisotopic (exact) mass is 436 g/mol. The zero-order chi connectivity index (χ0) is 22.5. The Kier molecular flexibility index (Phi) is 6.97. The average Bonchev–Trinajstić information content (AvgIpc) is 3.03. The highest BCUT2D eigenvalue weighted by molar-refractivity contribution is 6.05. The molecule has 1 fully saturated rings. The summed E-state index contributed by atoms with van der Waals surface area (Å²) in [5, 5.41) is 0.802. The number of benzene rings is 2. The first-order valence-electron chi connectivity index (χ1n) is 11.0. The van der Waals surface area contributed by atoms with Crippen molar-refractivity contribution in [3.05, 3.63) is 42.5 Å². The van der Waals surface area contributed by atoms with E-state index >= 15 is 0 Å². The third-order valence-electron chi connectivity index (χ3n) is 5.93. The van der Waals surface area contributed by atoms with Crippen molar-refractivity contribution in [3.63, 3.8) is 0 Å². The van der Waals surface area contributed by atoms with Crippen molar-refractivity contribution in [1.29, 1.82) is 0 Å². The highest BCUT2D eigenvalue weighted by Gasteiger charge is 2.21. The fourth-order valence-electron chi connectivity index (χ4n) is 4.22. The van der Waals surface area contributed by atoms with E-state index < -0.39 is 0 Å². The van der Waals surface area contributed by atoms with Gasteiger partial charge in [0.15, 0.2) is 0 Å². The lowest BCUT2D eigenvalue weighted by molar-refractivity contribution is 0.147. The van der Waals surface area contributed by atoms with E-state index in [0.29, 0.717) is 24.8 Å². The van der Waals surface area contributed by atoms with Crippen LogP contribution in [0, 0.1) is 0 Å². The number of hydrogen-bond acceptors (Lipinski definition) is 7. The number of hydrogen-bond donors (Lipinski definition) is 1. The maximum absolute atomic E-state index is 6.75. The van der Waals surface area contributed by atoms with Crippen LogP contribution < -0.4 is 20.1 Å². The molecule has 170 valence electrons. The number of pyridine rings is 1. The summed E-state index contributed by atoms with van der Waals surface area (Å²) in [7, 11) is 5.46. The number of nitrogens with zero attached hydrogens (tertiary/aromatic N) is 3. The fraction of sp³-hybridized carbons (Fsp3) is 0.400. The number of likely N-dealkylation sites (N-methyl/N-ethyl adjacent to an activating group) is 1. The summed E-state index contributed by atoms with van der Waals surface area (Å²) in [4.78, 5) is 9.62. The second kappa shape index (κ2) is 10.1. The van der Waals surface area contributed by atoms with Crippen molar-refractivity contribution in [1.82, 2.24) is 9.88 Å². The predicted molar refractivity (Wildman–Crippen MR) is 130 cm³/mol. The molecule has 0 bridgehead atoms. The zero-order valence-electron chi connectivity index (χ0n) is 19.1. The Hall–Kier alpha value is -3.03. The van der Waals surface area contributed by atoms with Crippen molar-refractivity contribution in [2.75, 3.05) is 71.3 Å². The molecule has 3 aromatic rings. The molecule has 0 saturated carbocycles. The minimum Gasteiger partial charge on any atom is -0.490 e. The van der Waals surface area contributed by atoms with Crippen LogP contribution in [0.4, 0.5) is 11.4 Å². The molecule has 0 amide bonds. The van der Waals surface area contributed by atoms with Crippen LogP contribution in [-0.2, 0) is 4.74 Å². The molecule has 1 aromatic heterocycles. The molecule has 0 atom stereocenters. The van der Waals surface area contributed by atoms with Crippen molar-refractivity contribution >= 4 is 22.3 Å². The lowest BCUT2D eigenvalue weighted by Crippen LogP contribution is -2.28. The Morgan fingerprint density at radius 1 is 1.00 bits per heavy atom. The van der Waals surface area contributed by atoms with Crippen LogP contribution in [0.25, 0.3) is 22.0 Å². The molecular weight excluding hydrogens is 404 g/mol. The van der Waals surface area contributed by atoms with Crippen LogP contribution in [0.15, 0.2) is 42.5 Å². The number of fused-ring (bicyclic) bond motifs is 1. The average molecular weight is 437 g/mol. The Morgan fingerprint density at radius 2 is 1.81 bits per heavy atom. The third kappa shape index (κ3) is 4.59. The summed E-state index contributed by atoms with van der Waals surface area (Å²) >= 11 is 0. The van der Waals surface area contributed by atoms with Gasteiger partial charge in [0.05, 0.1) is 35.9 Å². The molecule has 0 spiro atoms. The molecule has 4 rings (SSSR count). The van der Waals surface area contributed by atoms with E-state index in [1.54, 1.807) is 14.2 Å². The summed E-state index contributed by atoms with van der Waals surface area (Å²) in [6.45, 7) is 4.99. The second-order valence-electron chi connectivity index (χ2n) is 8.10. The fourth-order valence-corrected chi connectivity index (χ4v) is 4.22. The van der Waals surface area contributed by atoms with Crippen molar-refractivity contribution in [2.45, 2.75) is 6.42 Å². The third-order valence-corrected chi connectivity index (χ3v) is 5.93. The second-order valence-corrected chi connectivity index (χ2v) is 8.10. The number of aromatic nitrogens is 1. The Morgan fingerprint density at radius 3 is 2.56 bits per heavy atom. The lowest BCUT2D eigenvalue weighted by atomic mass is 10.0. The van der Waals surface area contributed by atoms with Crippen molar-refractivity contribution in [2.24, 2.45) is 0 Å². The molecule has 7 heteroatoms. The zero-order valence-corrected chi connectivity index (χ0v) is 19.1. The van der Waals surface area contributed by atoms with Crippen molar-refractivity contribution in [3.8, 4) is 22.8 Å².